The number of pyridine rings is 1. The van der Waals surface area contributed by atoms with E-state index in [0.717, 1.165) is 10.8 Å². The van der Waals surface area contributed by atoms with Crippen molar-refractivity contribution < 1.29 is 18.7 Å². The quantitative estimate of drug-likeness (QED) is 0.941. The standard InChI is InChI=1S/C17H19FN2O3/c1-10-14(20-16(21)17(10,2)18)9-23-15-13-8-12(22-3)5-4-11(13)6-7-19-15/h4-8,10,14H,9H2,1-3H3,(H,20,21)/t10-,14+,17+/m0/s1. The van der Waals surface area contributed by atoms with Gasteiger partial charge in [-0.1, -0.05) is 13.0 Å². The lowest BCUT2D eigenvalue weighted by molar-refractivity contribution is -0.129. The van der Waals surface area contributed by atoms with Crippen LogP contribution in [0.2, 0.25) is 0 Å². The van der Waals surface area contributed by atoms with Gasteiger partial charge < -0.3 is 14.8 Å². The third kappa shape index (κ3) is 2.69. The van der Waals surface area contributed by atoms with Crippen LogP contribution in [0.15, 0.2) is 30.5 Å². The van der Waals surface area contributed by atoms with Crippen molar-refractivity contribution in [3.05, 3.63) is 30.5 Å². The van der Waals surface area contributed by atoms with Crippen molar-refractivity contribution in [2.45, 2.75) is 25.6 Å². The minimum absolute atomic E-state index is 0.162. The van der Waals surface area contributed by atoms with Gasteiger partial charge in [0.1, 0.15) is 12.4 Å². The van der Waals surface area contributed by atoms with Gasteiger partial charge in [-0.25, -0.2) is 9.37 Å². The fraction of sp³-hybridized carbons (Fsp3) is 0.412. The van der Waals surface area contributed by atoms with Crippen LogP contribution in [0, 0.1) is 5.92 Å². The van der Waals surface area contributed by atoms with Gasteiger partial charge in [-0.05, 0) is 30.5 Å². The molecule has 122 valence electrons. The minimum Gasteiger partial charge on any atom is -0.497 e. The maximum absolute atomic E-state index is 14.2. The number of rotatable bonds is 4. The summed E-state index contributed by atoms with van der Waals surface area (Å²) in [6.45, 7) is 3.16. The number of carbonyl (C=O) groups is 1. The molecule has 1 N–H and O–H groups in total. The van der Waals surface area contributed by atoms with Crippen LogP contribution >= 0.6 is 0 Å². The third-order valence-electron chi connectivity index (χ3n) is 4.56. The Balaban J connectivity index is 1.81. The Bertz CT molecular complexity index is 748. The van der Waals surface area contributed by atoms with E-state index in [2.05, 4.69) is 10.3 Å². The number of aromatic nitrogens is 1. The van der Waals surface area contributed by atoms with Gasteiger partial charge in [0.2, 0.25) is 5.88 Å². The summed E-state index contributed by atoms with van der Waals surface area (Å²) in [5.74, 6) is 0.0789. The van der Waals surface area contributed by atoms with Crippen LogP contribution in [-0.4, -0.2) is 36.3 Å². The van der Waals surface area contributed by atoms with Crippen LogP contribution in [-0.2, 0) is 4.79 Å². The average Bonchev–Trinajstić information content (AvgIpc) is 2.75. The molecule has 1 aromatic carbocycles. The number of fused-ring (bicyclic) bond motifs is 1. The topological polar surface area (TPSA) is 60.5 Å². The monoisotopic (exact) mass is 318 g/mol. The summed E-state index contributed by atoms with van der Waals surface area (Å²) in [5, 5.41) is 4.42. The highest BCUT2D eigenvalue weighted by molar-refractivity contribution is 5.88. The molecule has 0 radical (unpaired) electrons. The zero-order valence-corrected chi connectivity index (χ0v) is 13.3. The Morgan fingerprint density at radius 3 is 2.83 bits per heavy atom. The Kier molecular flexibility index (Phi) is 3.83. The van der Waals surface area contributed by atoms with Crippen molar-refractivity contribution in [1.82, 2.24) is 10.3 Å². The van der Waals surface area contributed by atoms with Gasteiger partial charge in [-0.15, -0.1) is 0 Å². The SMILES string of the molecule is COc1ccc2ccnc(OC[C@H]3NC(=O)[C@](C)(F)[C@H]3C)c2c1. The van der Waals surface area contributed by atoms with Crippen molar-refractivity contribution in [2.75, 3.05) is 13.7 Å². The van der Waals surface area contributed by atoms with E-state index >= 15 is 0 Å². The van der Waals surface area contributed by atoms with Gasteiger partial charge in [0.15, 0.2) is 5.67 Å². The molecule has 0 aliphatic carbocycles. The zero-order chi connectivity index (χ0) is 16.6. The lowest BCUT2D eigenvalue weighted by Gasteiger charge is -2.20. The molecule has 0 bridgehead atoms. The summed E-state index contributed by atoms with van der Waals surface area (Å²) >= 11 is 0. The number of carbonyl (C=O) groups excluding carboxylic acids is 1. The molecule has 1 saturated heterocycles. The number of amides is 1. The molecule has 0 saturated carbocycles. The predicted molar refractivity (Wildman–Crippen MR) is 84.4 cm³/mol. The third-order valence-corrected chi connectivity index (χ3v) is 4.56. The molecule has 5 nitrogen and oxygen atoms in total. The molecule has 6 heteroatoms. The van der Waals surface area contributed by atoms with Crippen LogP contribution in [0.1, 0.15) is 13.8 Å². The van der Waals surface area contributed by atoms with E-state index in [1.54, 1.807) is 20.2 Å². The fourth-order valence-electron chi connectivity index (χ4n) is 2.74. The van der Waals surface area contributed by atoms with Crippen molar-refractivity contribution >= 4 is 16.7 Å². The van der Waals surface area contributed by atoms with Gasteiger partial charge in [-0.2, -0.15) is 0 Å². The van der Waals surface area contributed by atoms with Crippen molar-refractivity contribution in [3.8, 4) is 11.6 Å². The molecule has 1 aliphatic heterocycles. The summed E-state index contributed by atoms with van der Waals surface area (Å²) in [7, 11) is 1.59. The molecule has 0 unspecified atom stereocenters. The molecule has 3 rings (SSSR count). The molecule has 3 atom stereocenters. The van der Waals surface area contributed by atoms with Gasteiger partial charge in [0, 0.05) is 17.5 Å². The summed E-state index contributed by atoms with van der Waals surface area (Å²) < 4.78 is 25.2. The first-order chi connectivity index (χ1) is 10.9. The molecular formula is C17H19FN2O3. The number of hydrogen-bond donors (Lipinski definition) is 1. The first kappa shape index (κ1) is 15.5. The van der Waals surface area contributed by atoms with E-state index in [0.29, 0.717) is 11.6 Å². The van der Waals surface area contributed by atoms with E-state index in [1.165, 1.54) is 6.92 Å². The number of benzene rings is 1. The van der Waals surface area contributed by atoms with Crippen LogP contribution in [0.25, 0.3) is 10.8 Å². The normalized spacial score (nSPS) is 27.0. The number of halogens is 1. The van der Waals surface area contributed by atoms with E-state index < -0.39 is 17.5 Å². The van der Waals surface area contributed by atoms with Crippen molar-refractivity contribution in [2.24, 2.45) is 5.92 Å². The lowest BCUT2D eigenvalue weighted by atomic mass is 9.91. The molecule has 2 heterocycles. The highest BCUT2D eigenvalue weighted by Crippen LogP contribution is 2.32. The fourth-order valence-corrected chi connectivity index (χ4v) is 2.74. The second-order valence-corrected chi connectivity index (χ2v) is 5.96. The smallest absolute Gasteiger partial charge is 0.258 e. The number of methoxy groups -OCH3 is 1. The first-order valence-electron chi connectivity index (χ1n) is 7.49. The molecule has 23 heavy (non-hydrogen) atoms. The highest BCUT2D eigenvalue weighted by Gasteiger charge is 2.50. The summed E-state index contributed by atoms with van der Waals surface area (Å²) in [5.41, 5.74) is -1.87. The molecule has 1 aliphatic rings. The van der Waals surface area contributed by atoms with Gasteiger partial charge >= 0.3 is 0 Å². The molecule has 2 aromatic rings. The second kappa shape index (κ2) is 5.68. The van der Waals surface area contributed by atoms with Crippen LogP contribution < -0.4 is 14.8 Å². The largest absolute Gasteiger partial charge is 0.497 e. The highest BCUT2D eigenvalue weighted by atomic mass is 19.1. The summed E-state index contributed by atoms with van der Waals surface area (Å²) in [4.78, 5) is 15.9. The number of hydrogen-bond acceptors (Lipinski definition) is 4. The lowest BCUT2D eigenvalue weighted by Crippen LogP contribution is -2.34. The van der Waals surface area contributed by atoms with E-state index in [-0.39, 0.29) is 12.6 Å². The van der Waals surface area contributed by atoms with Gasteiger partial charge in [-0.3, -0.25) is 4.79 Å². The molecule has 1 fully saturated rings. The number of ether oxygens (including phenoxy) is 2. The predicted octanol–water partition coefficient (Wildman–Crippen LogP) is 2.48. The van der Waals surface area contributed by atoms with Crippen LogP contribution in [0.5, 0.6) is 11.6 Å². The van der Waals surface area contributed by atoms with Gasteiger partial charge in [0.05, 0.1) is 13.2 Å². The van der Waals surface area contributed by atoms with Crippen LogP contribution in [0.3, 0.4) is 0 Å². The number of nitrogens with zero attached hydrogens (tertiary/aromatic N) is 1. The Labute approximate surface area is 133 Å². The Hall–Kier alpha value is -2.37. The first-order valence-corrected chi connectivity index (χ1v) is 7.49. The van der Waals surface area contributed by atoms with Crippen molar-refractivity contribution in [3.63, 3.8) is 0 Å². The number of nitrogens with one attached hydrogen (secondary N) is 1. The average molecular weight is 318 g/mol. The maximum atomic E-state index is 14.2. The molecule has 1 aromatic heterocycles. The Morgan fingerprint density at radius 2 is 2.17 bits per heavy atom. The second-order valence-electron chi connectivity index (χ2n) is 5.96. The zero-order valence-electron chi connectivity index (χ0n) is 13.3. The molecular weight excluding hydrogens is 299 g/mol. The summed E-state index contributed by atoms with van der Waals surface area (Å²) in [6, 6.07) is 7.11. The van der Waals surface area contributed by atoms with E-state index in [4.69, 9.17) is 9.47 Å². The van der Waals surface area contributed by atoms with Crippen molar-refractivity contribution in [1.29, 1.82) is 0 Å². The summed E-state index contributed by atoms with van der Waals surface area (Å²) in [6.07, 6.45) is 1.65. The van der Waals surface area contributed by atoms with Crippen LogP contribution in [0.4, 0.5) is 4.39 Å². The maximum Gasteiger partial charge on any atom is 0.258 e. The molecule has 1 amide bonds. The van der Waals surface area contributed by atoms with E-state index in [9.17, 15) is 9.18 Å². The van der Waals surface area contributed by atoms with E-state index in [1.807, 2.05) is 24.3 Å². The van der Waals surface area contributed by atoms with Gasteiger partial charge in [0.25, 0.3) is 5.91 Å². The Morgan fingerprint density at radius 1 is 1.39 bits per heavy atom. The molecule has 0 spiro atoms. The minimum atomic E-state index is -1.87. The number of alkyl halides is 1.